The molecule has 5 rings (SSSR count). The summed E-state index contributed by atoms with van der Waals surface area (Å²) in [5.74, 6) is -10.4. The Kier molecular flexibility index (Phi) is 9.87. The van der Waals surface area contributed by atoms with E-state index in [1.807, 2.05) is 0 Å². The number of Topliss-reactive ketones (excluding diaryl/α,β-unsaturated/α-hetero) is 1. The van der Waals surface area contributed by atoms with Gasteiger partial charge in [0.05, 0.1) is 42.0 Å². The van der Waals surface area contributed by atoms with Crippen molar-refractivity contribution in [1.29, 1.82) is 0 Å². The minimum Gasteiger partial charge on any atom is -0.507 e. The molecule has 0 saturated carbocycles. The average molecular weight is 726 g/mol. The number of halogens is 3. The van der Waals surface area contributed by atoms with Crippen LogP contribution in [0.25, 0.3) is 0 Å². The molecule has 4 unspecified atom stereocenters. The van der Waals surface area contributed by atoms with Gasteiger partial charge in [-0.25, -0.2) is 0 Å². The number of carbonyl (C=O) groups excluding carboxylic acids is 5. The predicted molar refractivity (Wildman–Crippen MR) is 158 cm³/mol. The number of alkyl halides is 3. The Morgan fingerprint density at radius 3 is 2.35 bits per heavy atom. The number of benzene rings is 2. The number of methoxy groups -OCH3 is 1. The van der Waals surface area contributed by atoms with Crippen LogP contribution < -0.4 is 10.1 Å². The Morgan fingerprint density at radius 2 is 1.73 bits per heavy atom. The molecule has 0 bridgehead atoms. The molecule has 1 aliphatic heterocycles. The normalized spacial score (nSPS) is 25.6. The monoisotopic (exact) mass is 725 g/mol. The molecule has 274 valence electrons. The largest absolute Gasteiger partial charge is 0.507 e. The van der Waals surface area contributed by atoms with Crippen LogP contribution in [0.2, 0.25) is 0 Å². The van der Waals surface area contributed by atoms with Crippen molar-refractivity contribution in [3.8, 4) is 17.2 Å². The maximum absolute atomic E-state index is 13.8. The van der Waals surface area contributed by atoms with E-state index in [1.54, 1.807) is 5.32 Å². The van der Waals surface area contributed by atoms with E-state index < -0.39 is 144 Å². The minimum atomic E-state index is -5.32. The molecule has 1 fully saturated rings. The van der Waals surface area contributed by atoms with Crippen LogP contribution in [-0.2, 0) is 39.8 Å². The van der Waals surface area contributed by atoms with E-state index in [9.17, 15) is 62.4 Å². The Morgan fingerprint density at radius 1 is 1.06 bits per heavy atom. The molecular weight excluding hydrogens is 695 g/mol. The number of rotatable bonds is 9. The highest BCUT2D eigenvalue weighted by atomic mass is 19.4. The van der Waals surface area contributed by atoms with Crippen molar-refractivity contribution in [2.24, 2.45) is 0 Å². The number of fused-ring (bicyclic) bond motifs is 3. The van der Waals surface area contributed by atoms with E-state index in [1.165, 1.54) is 32.2 Å². The number of amides is 1. The zero-order chi connectivity index (χ0) is 37.7. The summed E-state index contributed by atoms with van der Waals surface area (Å²) in [5, 5.41) is 55.7. The number of hydrogen-bond acceptors (Lipinski definition) is 14. The summed E-state index contributed by atoms with van der Waals surface area (Å²) in [4.78, 5) is 75.2. The number of nitrogens with one attached hydrogen (secondary N) is 1. The van der Waals surface area contributed by atoms with Crippen LogP contribution in [0.1, 0.15) is 75.3 Å². The lowest BCUT2D eigenvalue weighted by Crippen LogP contribution is -2.57. The molecule has 3 aliphatic rings. The molecule has 19 heteroatoms. The van der Waals surface area contributed by atoms with Crippen LogP contribution in [0, 0.1) is 0 Å². The highest BCUT2D eigenvalue weighted by Crippen LogP contribution is 2.52. The van der Waals surface area contributed by atoms with Gasteiger partial charge in [-0.05, 0) is 13.0 Å². The van der Waals surface area contributed by atoms with E-state index in [4.69, 9.17) is 19.3 Å². The molecular formula is C32H30F3NO15. The number of aliphatic carboxylic acids is 1. The summed E-state index contributed by atoms with van der Waals surface area (Å²) in [6.45, 7) is 0.0590. The first-order valence-electron chi connectivity index (χ1n) is 15.2. The Balaban J connectivity index is 1.59. The fourth-order valence-electron chi connectivity index (χ4n) is 6.42. The molecule has 2 aromatic carbocycles. The summed E-state index contributed by atoms with van der Waals surface area (Å²) in [6, 6.07) is 2.41. The second-order valence-electron chi connectivity index (χ2n) is 12.1. The van der Waals surface area contributed by atoms with E-state index >= 15 is 0 Å². The van der Waals surface area contributed by atoms with Gasteiger partial charge in [0, 0.05) is 36.0 Å². The second-order valence-corrected chi connectivity index (χ2v) is 12.1. The number of ether oxygens (including phenoxy) is 4. The Hall–Kier alpha value is -5.11. The smallest absolute Gasteiger partial charge is 0.471 e. The number of esters is 1. The van der Waals surface area contributed by atoms with Crippen molar-refractivity contribution in [3.05, 3.63) is 51.6 Å². The highest BCUT2D eigenvalue weighted by molar-refractivity contribution is 6.31. The van der Waals surface area contributed by atoms with Crippen molar-refractivity contribution >= 4 is 35.2 Å². The topological polar surface area (TPSA) is 253 Å². The number of carboxylic acids is 1. The molecule has 16 nitrogen and oxygen atoms in total. The van der Waals surface area contributed by atoms with Gasteiger partial charge in [0.1, 0.15) is 35.4 Å². The Labute approximate surface area is 284 Å². The van der Waals surface area contributed by atoms with Crippen LogP contribution in [0.15, 0.2) is 18.2 Å². The first-order chi connectivity index (χ1) is 23.8. The lowest BCUT2D eigenvalue weighted by Gasteiger charge is -2.43. The van der Waals surface area contributed by atoms with Gasteiger partial charge >= 0.3 is 24.0 Å². The Bertz CT molecular complexity index is 1840. The minimum absolute atomic E-state index is 0.0478. The van der Waals surface area contributed by atoms with Gasteiger partial charge in [0.2, 0.25) is 11.6 Å². The predicted octanol–water partition coefficient (Wildman–Crippen LogP) is 0.747. The summed E-state index contributed by atoms with van der Waals surface area (Å²) in [7, 11) is 1.22. The molecule has 0 radical (unpaired) electrons. The van der Waals surface area contributed by atoms with Crippen LogP contribution in [0.4, 0.5) is 13.2 Å². The number of aromatic hydroxyl groups is 2. The summed E-state index contributed by atoms with van der Waals surface area (Å²) in [6.07, 6.45) is -15.2. The van der Waals surface area contributed by atoms with E-state index in [2.05, 4.69) is 4.74 Å². The van der Waals surface area contributed by atoms with Crippen LogP contribution in [0.3, 0.4) is 0 Å². The van der Waals surface area contributed by atoms with Crippen molar-refractivity contribution in [1.82, 2.24) is 5.32 Å². The SMILES string of the molecule is COc1cccc2c1C(=O)c1c(O)c3c(c(O)c1C2=O)C[C@@](O)(C(=O)COC(=O)CC(=O)O)C[C@@H]3OC1CC(NC(=O)C(F)(F)F)C(O)C(C)O1. The van der Waals surface area contributed by atoms with Crippen LogP contribution in [0.5, 0.6) is 17.2 Å². The fraction of sp³-hybridized carbons (Fsp3) is 0.438. The number of phenolic OH excluding ortho intramolecular Hbond substituents is 2. The van der Waals surface area contributed by atoms with Gasteiger partial charge in [0.15, 0.2) is 18.7 Å². The first-order valence-corrected chi connectivity index (χ1v) is 15.2. The average Bonchev–Trinajstić information content (AvgIpc) is 3.04. The zero-order valence-electron chi connectivity index (χ0n) is 26.6. The molecule has 2 aromatic rings. The zero-order valence-corrected chi connectivity index (χ0v) is 26.6. The first kappa shape index (κ1) is 37.2. The number of carboxylic acid groups (broad SMARTS) is 1. The molecule has 1 amide bonds. The van der Waals surface area contributed by atoms with Gasteiger partial charge < -0.3 is 49.8 Å². The third-order valence-corrected chi connectivity index (χ3v) is 8.85. The highest BCUT2D eigenvalue weighted by Gasteiger charge is 2.51. The quantitative estimate of drug-likeness (QED) is 0.101. The number of phenols is 2. The molecule has 51 heavy (non-hydrogen) atoms. The molecule has 6 atom stereocenters. The van der Waals surface area contributed by atoms with Crippen molar-refractivity contribution in [2.45, 2.75) is 75.0 Å². The van der Waals surface area contributed by atoms with E-state index in [0.29, 0.717) is 0 Å². The van der Waals surface area contributed by atoms with Gasteiger partial charge in [-0.2, -0.15) is 13.2 Å². The van der Waals surface area contributed by atoms with Gasteiger partial charge in [-0.15, -0.1) is 0 Å². The molecule has 0 spiro atoms. The molecule has 1 heterocycles. The van der Waals surface area contributed by atoms with Crippen molar-refractivity contribution in [3.63, 3.8) is 0 Å². The summed E-state index contributed by atoms with van der Waals surface area (Å²) in [5.41, 5.74) is -5.40. The number of carbonyl (C=O) groups is 6. The third-order valence-electron chi connectivity index (χ3n) is 8.85. The summed E-state index contributed by atoms with van der Waals surface area (Å²) >= 11 is 0. The van der Waals surface area contributed by atoms with Crippen LogP contribution in [-0.4, -0.2) is 111 Å². The maximum Gasteiger partial charge on any atom is 0.471 e. The molecule has 1 saturated heterocycles. The third kappa shape index (κ3) is 6.84. The molecule has 0 aromatic heterocycles. The lowest BCUT2D eigenvalue weighted by molar-refractivity contribution is -0.250. The number of aliphatic hydroxyl groups is 2. The van der Waals surface area contributed by atoms with Crippen molar-refractivity contribution in [2.75, 3.05) is 13.7 Å². The number of hydrogen-bond donors (Lipinski definition) is 6. The van der Waals surface area contributed by atoms with Gasteiger partial charge in [-0.3, -0.25) is 28.8 Å². The fourth-order valence-corrected chi connectivity index (χ4v) is 6.42. The van der Waals surface area contributed by atoms with Crippen molar-refractivity contribution < 1.29 is 86.4 Å². The van der Waals surface area contributed by atoms with E-state index in [-0.39, 0.29) is 16.9 Å². The van der Waals surface area contributed by atoms with E-state index in [0.717, 1.165) is 0 Å². The lowest BCUT2D eigenvalue weighted by atomic mass is 9.72. The number of aliphatic hydroxyl groups excluding tert-OH is 1. The standard InChI is InChI=1S/C32H30F3NO15/c1-11-25(41)14(36-30(46)32(33,34)35)6-20(50-11)51-16-9-31(47,17(37)10-49-19(40)7-18(38)39)8-13-22(16)29(45)24-23(27(13)43)26(42)12-4-3-5-15(48-2)21(12)28(24)44/h3-5,11,14,16,20,25,41,43,45,47H,6-10H2,1-2H3,(H,36,46)(H,38,39)/t11?,14?,16-,20?,25?,31-/m0/s1. The van der Waals surface area contributed by atoms with Gasteiger partial charge in [0.25, 0.3) is 0 Å². The maximum atomic E-state index is 13.8. The number of ketones is 3. The van der Waals surface area contributed by atoms with Gasteiger partial charge in [-0.1, -0.05) is 12.1 Å². The molecule has 2 aliphatic carbocycles. The second kappa shape index (κ2) is 13.5. The van der Waals surface area contributed by atoms with Crippen LogP contribution >= 0.6 is 0 Å². The molecule has 6 N–H and O–H groups in total. The summed E-state index contributed by atoms with van der Waals surface area (Å²) < 4.78 is 60.5.